The van der Waals surface area contributed by atoms with Gasteiger partial charge in [0.1, 0.15) is 5.82 Å². The number of fused-ring (bicyclic) bond motifs is 1. The van der Waals surface area contributed by atoms with Gasteiger partial charge >= 0.3 is 0 Å². The van der Waals surface area contributed by atoms with Crippen LogP contribution in [0, 0.1) is 5.92 Å². The number of anilines is 3. The highest BCUT2D eigenvalue weighted by Crippen LogP contribution is 2.28. The Balaban J connectivity index is 1.29. The Labute approximate surface area is 206 Å². The quantitative estimate of drug-likeness (QED) is 0.446. The number of nitrogens with one attached hydrogen (secondary N) is 3. The number of hydrogen-bond acceptors (Lipinski definition) is 6. The van der Waals surface area contributed by atoms with Crippen molar-refractivity contribution in [3.8, 4) is 0 Å². The fourth-order valence-electron chi connectivity index (χ4n) is 4.49. The van der Waals surface area contributed by atoms with Crippen molar-refractivity contribution in [2.24, 2.45) is 5.92 Å². The second-order valence-electron chi connectivity index (χ2n) is 9.34. The van der Waals surface area contributed by atoms with Gasteiger partial charge in [-0.05, 0) is 61.9 Å². The maximum absolute atomic E-state index is 12.6. The van der Waals surface area contributed by atoms with Crippen molar-refractivity contribution >= 4 is 40.2 Å². The molecule has 2 amide bonds. The van der Waals surface area contributed by atoms with Gasteiger partial charge in [0.25, 0.3) is 5.91 Å². The first-order chi connectivity index (χ1) is 16.9. The number of carbonyl (C=O) groups excluding carboxylic acids is 2. The molecule has 3 N–H and O–H groups in total. The van der Waals surface area contributed by atoms with E-state index in [9.17, 15) is 9.59 Å². The van der Waals surface area contributed by atoms with E-state index in [0.29, 0.717) is 42.1 Å². The highest BCUT2D eigenvalue weighted by Gasteiger charge is 2.23. The number of nitrogens with zero attached hydrogens (tertiary/aromatic N) is 3. The molecule has 184 valence electrons. The molecule has 0 spiro atoms. The summed E-state index contributed by atoms with van der Waals surface area (Å²) in [6.07, 6.45) is 4.47. The number of carbonyl (C=O) groups is 2. The molecule has 0 unspecified atom stereocenters. The first kappa shape index (κ1) is 24.4. The van der Waals surface area contributed by atoms with Crippen LogP contribution >= 0.6 is 0 Å². The first-order valence-electron chi connectivity index (χ1n) is 12.3. The molecule has 1 heterocycles. The van der Waals surface area contributed by atoms with Crippen LogP contribution in [0.1, 0.15) is 49.4 Å². The molecule has 8 heteroatoms. The van der Waals surface area contributed by atoms with E-state index in [2.05, 4.69) is 16.0 Å². The van der Waals surface area contributed by atoms with Gasteiger partial charge in [0.15, 0.2) is 0 Å². The molecule has 1 saturated carbocycles. The van der Waals surface area contributed by atoms with Crippen molar-refractivity contribution in [2.45, 2.75) is 45.1 Å². The smallest absolute Gasteiger partial charge is 0.251 e. The SMILES string of the molecule is CCC(=O)Nc1cccc(C(=O)NCC2CCC(Nc3nc(N(C)C)c4ccccc4n3)CC2)c1. The average Bonchev–Trinajstić information content (AvgIpc) is 2.87. The number of aromatic nitrogens is 2. The van der Waals surface area contributed by atoms with Crippen molar-refractivity contribution < 1.29 is 9.59 Å². The maximum Gasteiger partial charge on any atom is 0.251 e. The van der Waals surface area contributed by atoms with E-state index in [4.69, 9.17) is 9.97 Å². The summed E-state index contributed by atoms with van der Waals surface area (Å²) >= 11 is 0. The second-order valence-corrected chi connectivity index (χ2v) is 9.34. The third kappa shape index (κ3) is 6.26. The van der Waals surface area contributed by atoms with Crippen molar-refractivity contribution in [2.75, 3.05) is 36.2 Å². The molecule has 3 aromatic rings. The van der Waals surface area contributed by atoms with Crippen LogP contribution in [0.3, 0.4) is 0 Å². The molecule has 0 radical (unpaired) electrons. The largest absolute Gasteiger partial charge is 0.362 e. The second kappa shape index (κ2) is 11.2. The van der Waals surface area contributed by atoms with Gasteiger partial charge in [-0.1, -0.05) is 25.1 Å². The van der Waals surface area contributed by atoms with Crippen LogP contribution in [0.15, 0.2) is 48.5 Å². The number of hydrogen-bond donors (Lipinski definition) is 3. The lowest BCUT2D eigenvalue weighted by Gasteiger charge is -2.29. The molecule has 0 aliphatic heterocycles. The lowest BCUT2D eigenvalue weighted by Crippen LogP contribution is -2.34. The molecule has 1 aliphatic carbocycles. The summed E-state index contributed by atoms with van der Waals surface area (Å²) in [4.78, 5) is 35.7. The Morgan fingerprint density at radius 2 is 1.77 bits per heavy atom. The third-order valence-corrected chi connectivity index (χ3v) is 6.47. The fourth-order valence-corrected chi connectivity index (χ4v) is 4.49. The zero-order valence-corrected chi connectivity index (χ0v) is 20.7. The maximum atomic E-state index is 12.6. The lowest BCUT2D eigenvalue weighted by atomic mass is 9.86. The Bertz CT molecular complexity index is 1190. The molecular formula is C27H34N6O2. The summed E-state index contributed by atoms with van der Waals surface area (Å²) in [6.45, 7) is 2.44. The van der Waals surface area contributed by atoms with Crippen molar-refractivity contribution in [3.05, 3.63) is 54.1 Å². The van der Waals surface area contributed by atoms with Crippen LogP contribution < -0.4 is 20.9 Å². The zero-order chi connectivity index (χ0) is 24.8. The average molecular weight is 475 g/mol. The molecule has 1 aliphatic rings. The van der Waals surface area contributed by atoms with Crippen molar-refractivity contribution in [1.29, 1.82) is 0 Å². The zero-order valence-electron chi connectivity index (χ0n) is 20.7. The molecule has 0 bridgehead atoms. The number of amides is 2. The van der Waals surface area contributed by atoms with E-state index in [-0.39, 0.29) is 11.8 Å². The number of rotatable bonds is 8. The molecule has 1 aromatic heterocycles. The molecule has 1 fully saturated rings. The van der Waals surface area contributed by atoms with E-state index in [1.54, 1.807) is 31.2 Å². The van der Waals surface area contributed by atoms with Crippen molar-refractivity contribution in [3.63, 3.8) is 0 Å². The summed E-state index contributed by atoms with van der Waals surface area (Å²) in [7, 11) is 3.99. The first-order valence-corrected chi connectivity index (χ1v) is 12.3. The van der Waals surface area contributed by atoms with Crippen molar-refractivity contribution in [1.82, 2.24) is 15.3 Å². The monoisotopic (exact) mass is 474 g/mol. The third-order valence-electron chi connectivity index (χ3n) is 6.47. The number of para-hydroxylation sites is 1. The van der Waals surface area contributed by atoms with Gasteiger partial charge in [-0.3, -0.25) is 9.59 Å². The minimum atomic E-state index is -0.112. The highest BCUT2D eigenvalue weighted by molar-refractivity contribution is 5.97. The van der Waals surface area contributed by atoms with E-state index in [1.165, 1.54) is 0 Å². The molecule has 4 rings (SSSR count). The van der Waals surface area contributed by atoms with Gasteiger partial charge in [0.2, 0.25) is 11.9 Å². The Morgan fingerprint density at radius 1 is 1.00 bits per heavy atom. The van der Waals surface area contributed by atoms with Gasteiger partial charge < -0.3 is 20.9 Å². The van der Waals surface area contributed by atoms with Gasteiger partial charge in [0, 0.05) is 49.7 Å². The predicted octanol–water partition coefficient (Wildman–Crippen LogP) is 4.45. The van der Waals surface area contributed by atoms with E-state index >= 15 is 0 Å². The number of benzene rings is 2. The van der Waals surface area contributed by atoms with Crippen LogP contribution in [0.2, 0.25) is 0 Å². The molecule has 2 aromatic carbocycles. The summed E-state index contributed by atoms with van der Waals surface area (Å²) in [5, 5.41) is 10.4. The minimum Gasteiger partial charge on any atom is -0.362 e. The van der Waals surface area contributed by atoms with Gasteiger partial charge in [-0.2, -0.15) is 4.98 Å². The van der Waals surface area contributed by atoms with Gasteiger partial charge in [0.05, 0.1) is 5.52 Å². The van der Waals surface area contributed by atoms with Crippen LogP contribution in [-0.4, -0.2) is 48.5 Å². The summed E-state index contributed by atoms with van der Waals surface area (Å²) in [5.41, 5.74) is 2.13. The lowest BCUT2D eigenvalue weighted by molar-refractivity contribution is -0.115. The normalized spacial score (nSPS) is 17.6. The Hall–Kier alpha value is -3.68. The van der Waals surface area contributed by atoms with Gasteiger partial charge in [-0.15, -0.1) is 0 Å². The van der Waals surface area contributed by atoms with Crippen LogP contribution in [-0.2, 0) is 4.79 Å². The molecule has 8 nitrogen and oxygen atoms in total. The predicted molar refractivity (Wildman–Crippen MR) is 141 cm³/mol. The van der Waals surface area contributed by atoms with Gasteiger partial charge in [-0.25, -0.2) is 4.98 Å². The van der Waals surface area contributed by atoms with Crippen LogP contribution in [0.4, 0.5) is 17.5 Å². The molecular weight excluding hydrogens is 440 g/mol. The summed E-state index contributed by atoms with van der Waals surface area (Å²) in [5.74, 6) is 1.83. The minimum absolute atomic E-state index is 0.0695. The highest BCUT2D eigenvalue weighted by atomic mass is 16.2. The van der Waals surface area contributed by atoms with E-state index < -0.39 is 0 Å². The topological polar surface area (TPSA) is 99.2 Å². The molecule has 0 saturated heterocycles. The van der Waals surface area contributed by atoms with Crippen LogP contribution in [0.25, 0.3) is 10.9 Å². The summed E-state index contributed by atoms with van der Waals surface area (Å²) < 4.78 is 0. The molecule has 35 heavy (non-hydrogen) atoms. The van der Waals surface area contributed by atoms with E-state index in [0.717, 1.165) is 42.4 Å². The molecule has 0 atom stereocenters. The van der Waals surface area contributed by atoms with Crippen LogP contribution in [0.5, 0.6) is 0 Å². The Morgan fingerprint density at radius 3 is 2.51 bits per heavy atom. The summed E-state index contributed by atoms with van der Waals surface area (Å²) in [6, 6.07) is 15.4. The standard InChI is InChI=1S/C27H34N6O2/c1-4-24(34)29-21-9-7-8-19(16-21)26(35)28-17-18-12-14-20(15-13-18)30-27-31-23-11-6-5-10-22(23)25(32-27)33(2)3/h5-11,16,18,20H,4,12-15,17H2,1-3H3,(H,28,35)(H,29,34)(H,30,31,32). The fraction of sp³-hybridized carbons (Fsp3) is 0.407. The Kier molecular flexibility index (Phi) is 7.80. The van der Waals surface area contributed by atoms with E-state index in [1.807, 2.05) is 43.3 Å².